The van der Waals surface area contributed by atoms with Crippen LogP contribution in [-0.4, -0.2) is 97.3 Å². The van der Waals surface area contributed by atoms with E-state index in [0.29, 0.717) is 32.1 Å². The van der Waals surface area contributed by atoms with Gasteiger partial charge in [0.05, 0.1) is 30.3 Å². The summed E-state index contributed by atoms with van der Waals surface area (Å²) in [6.07, 6.45) is -2.48. The SMILES string of the molecule is CC1(C)CC[C@]2(C(=O)O[C@@H]3O[C@H](CO)[C@@H](O)[C@H](O)[C@H]3O)CC[C@]3(C)C(=CCC4[C@@]5(C)C[C@@H](O)[C@H](O)C(C)(C)C5CC[C@]43C)C2[C@@H]1O. The summed E-state index contributed by atoms with van der Waals surface area (Å²) >= 11 is 0. The van der Waals surface area contributed by atoms with E-state index in [1.165, 1.54) is 0 Å². The van der Waals surface area contributed by atoms with Crippen LogP contribution in [0.25, 0.3) is 0 Å². The monoisotopic (exact) mass is 650 g/mol. The van der Waals surface area contributed by atoms with Crippen LogP contribution in [0.15, 0.2) is 11.6 Å². The van der Waals surface area contributed by atoms with Crippen molar-refractivity contribution in [2.75, 3.05) is 6.61 Å². The molecule has 0 bridgehead atoms. The Labute approximate surface area is 273 Å². The molecule has 0 spiro atoms. The van der Waals surface area contributed by atoms with Gasteiger partial charge in [-0.15, -0.1) is 0 Å². The average Bonchev–Trinajstić information content (AvgIpc) is 2.98. The molecule has 4 saturated carbocycles. The van der Waals surface area contributed by atoms with E-state index in [2.05, 4.69) is 40.7 Å². The van der Waals surface area contributed by atoms with E-state index in [0.717, 1.165) is 24.8 Å². The highest BCUT2D eigenvalue weighted by molar-refractivity contribution is 5.79. The molecule has 262 valence electrons. The Morgan fingerprint density at radius 1 is 0.848 bits per heavy atom. The molecule has 5 fully saturated rings. The fourth-order valence-corrected chi connectivity index (χ4v) is 12.1. The van der Waals surface area contributed by atoms with E-state index in [4.69, 9.17) is 9.47 Å². The molecule has 1 saturated heterocycles. The minimum Gasteiger partial charge on any atom is -0.432 e. The van der Waals surface area contributed by atoms with Crippen molar-refractivity contribution in [1.29, 1.82) is 0 Å². The summed E-state index contributed by atoms with van der Waals surface area (Å²) in [6, 6.07) is 0. The maximum atomic E-state index is 14.4. The van der Waals surface area contributed by atoms with Gasteiger partial charge in [-0.2, -0.15) is 0 Å². The minimum atomic E-state index is -1.70. The Morgan fingerprint density at radius 2 is 1.50 bits per heavy atom. The van der Waals surface area contributed by atoms with Gasteiger partial charge in [-0.3, -0.25) is 4.79 Å². The molecule has 0 radical (unpaired) electrons. The van der Waals surface area contributed by atoms with Crippen molar-refractivity contribution in [3.8, 4) is 0 Å². The summed E-state index contributed by atoms with van der Waals surface area (Å²) < 4.78 is 11.4. The first kappa shape index (κ1) is 34.7. The van der Waals surface area contributed by atoms with E-state index in [1.54, 1.807) is 0 Å². The third-order valence-corrected chi connectivity index (χ3v) is 15.3. The zero-order chi connectivity index (χ0) is 34.0. The maximum absolute atomic E-state index is 14.4. The molecule has 3 unspecified atom stereocenters. The smallest absolute Gasteiger partial charge is 0.315 e. The zero-order valence-electron chi connectivity index (χ0n) is 28.6. The van der Waals surface area contributed by atoms with Crippen LogP contribution in [-0.2, 0) is 14.3 Å². The first-order valence-corrected chi connectivity index (χ1v) is 17.5. The summed E-state index contributed by atoms with van der Waals surface area (Å²) in [5, 5.41) is 75.3. The Kier molecular flexibility index (Phi) is 8.27. The van der Waals surface area contributed by atoms with Gasteiger partial charge in [0, 0.05) is 5.92 Å². The van der Waals surface area contributed by atoms with Gasteiger partial charge < -0.3 is 45.2 Å². The number of aliphatic hydroxyl groups is 7. The van der Waals surface area contributed by atoms with Crippen LogP contribution < -0.4 is 0 Å². The summed E-state index contributed by atoms with van der Waals surface area (Å²) in [6.45, 7) is 14.6. The number of carbonyl (C=O) groups excluding carboxylic acids is 1. The highest BCUT2D eigenvalue weighted by Crippen LogP contribution is 2.75. The summed E-state index contributed by atoms with van der Waals surface area (Å²) in [7, 11) is 0. The maximum Gasteiger partial charge on any atom is 0.315 e. The summed E-state index contributed by atoms with van der Waals surface area (Å²) in [5.74, 6) is -0.666. The number of allylic oxidation sites excluding steroid dienone is 1. The fraction of sp³-hybridized carbons (Fsp3) is 0.917. The molecule has 15 atom stereocenters. The van der Waals surface area contributed by atoms with Gasteiger partial charge in [-0.05, 0) is 90.3 Å². The van der Waals surface area contributed by atoms with Crippen LogP contribution in [0.2, 0.25) is 0 Å². The lowest BCUT2D eigenvalue weighted by atomic mass is 9.33. The number of hydrogen-bond acceptors (Lipinski definition) is 10. The molecule has 6 aliphatic rings. The summed E-state index contributed by atoms with van der Waals surface area (Å²) in [5.41, 5.74) is -1.64. The predicted molar refractivity (Wildman–Crippen MR) is 168 cm³/mol. The Bertz CT molecular complexity index is 1250. The second-order valence-electron chi connectivity index (χ2n) is 18.0. The van der Waals surface area contributed by atoms with E-state index in [1.807, 2.05) is 13.8 Å². The second kappa shape index (κ2) is 10.9. The van der Waals surface area contributed by atoms with Crippen LogP contribution in [0.5, 0.6) is 0 Å². The van der Waals surface area contributed by atoms with Crippen molar-refractivity contribution in [3.05, 3.63) is 11.6 Å². The van der Waals surface area contributed by atoms with Gasteiger partial charge in [0.2, 0.25) is 6.29 Å². The quantitative estimate of drug-likeness (QED) is 0.177. The molecular formula is C36H58O10. The van der Waals surface area contributed by atoms with Crippen LogP contribution in [0.1, 0.15) is 99.8 Å². The Balaban J connectivity index is 1.39. The van der Waals surface area contributed by atoms with E-state index < -0.39 is 83.8 Å². The lowest BCUT2D eigenvalue weighted by Crippen LogP contribution is -2.68. The molecule has 1 aliphatic heterocycles. The van der Waals surface area contributed by atoms with Crippen LogP contribution in [0, 0.1) is 50.2 Å². The van der Waals surface area contributed by atoms with Gasteiger partial charge in [0.25, 0.3) is 0 Å². The largest absolute Gasteiger partial charge is 0.432 e. The first-order chi connectivity index (χ1) is 21.2. The second-order valence-corrected chi connectivity index (χ2v) is 18.0. The summed E-state index contributed by atoms with van der Waals surface area (Å²) in [4.78, 5) is 14.4. The molecule has 0 amide bonds. The highest BCUT2D eigenvalue weighted by atomic mass is 16.7. The van der Waals surface area contributed by atoms with Crippen molar-refractivity contribution in [3.63, 3.8) is 0 Å². The number of esters is 1. The van der Waals surface area contributed by atoms with E-state index in [-0.39, 0.29) is 28.1 Å². The third-order valence-electron chi connectivity index (χ3n) is 15.3. The molecule has 46 heavy (non-hydrogen) atoms. The van der Waals surface area contributed by atoms with E-state index in [9.17, 15) is 40.5 Å². The van der Waals surface area contributed by atoms with Crippen molar-refractivity contribution in [1.82, 2.24) is 0 Å². The fourth-order valence-electron chi connectivity index (χ4n) is 12.1. The number of aliphatic hydroxyl groups excluding tert-OH is 7. The number of carbonyl (C=O) groups is 1. The number of hydrogen-bond donors (Lipinski definition) is 7. The standard InChI is InChI=1S/C36H58O10/c1-31(2)12-14-36(30(44)46-29-26(41)25(40)24(39)20(17-37)45-29)15-13-34(6)18(23(36)28(31)43)8-9-22-33(5)16-19(38)27(42)32(3,4)21(33)10-11-35(22,34)7/h8,19-29,37-43H,9-17H2,1-7H3/t19-,20-,21?,22?,23?,24-,25+,26-,27+,28+,29+,33+,34-,35-,36+/m1/s1. The number of rotatable bonds is 3. The van der Waals surface area contributed by atoms with Gasteiger partial charge in [-0.1, -0.05) is 60.1 Å². The van der Waals surface area contributed by atoms with Crippen LogP contribution in [0.3, 0.4) is 0 Å². The third kappa shape index (κ3) is 4.46. The molecule has 10 nitrogen and oxygen atoms in total. The Morgan fingerprint density at radius 3 is 2.15 bits per heavy atom. The van der Waals surface area contributed by atoms with Crippen molar-refractivity contribution in [2.24, 2.45) is 50.2 Å². The molecule has 0 aromatic carbocycles. The van der Waals surface area contributed by atoms with Crippen LogP contribution >= 0.6 is 0 Å². The lowest BCUT2D eigenvalue weighted by Gasteiger charge is -2.71. The van der Waals surface area contributed by atoms with Gasteiger partial charge in [0.15, 0.2) is 0 Å². The first-order valence-electron chi connectivity index (χ1n) is 17.5. The Hall–Kier alpha value is -1.11. The van der Waals surface area contributed by atoms with Crippen molar-refractivity contribution < 1.29 is 50.0 Å². The van der Waals surface area contributed by atoms with Gasteiger partial charge >= 0.3 is 5.97 Å². The topological polar surface area (TPSA) is 177 Å². The molecule has 0 aromatic heterocycles. The highest BCUT2D eigenvalue weighted by Gasteiger charge is 2.71. The molecule has 5 aliphatic carbocycles. The normalized spacial score (nSPS) is 54.3. The van der Waals surface area contributed by atoms with Gasteiger partial charge in [0.1, 0.15) is 24.4 Å². The predicted octanol–water partition coefficient (Wildman–Crippen LogP) is 2.43. The molecule has 1 heterocycles. The molecule has 10 heteroatoms. The number of fused-ring (bicyclic) bond motifs is 7. The lowest BCUT2D eigenvalue weighted by molar-refractivity contribution is -0.298. The molecular weight excluding hydrogens is 592 g/mol. The number of ether oxygens (including phenoxy) is 2. The van der Waals surface area contributed by atoms with Crippen molar-refractivity contribution >= 4 is 5.97 Å². The molecule has 6 rings (SSSR count). The molecule has 0 aromatic rings. The zero-order valence-corrected chi connectivity index (χ0v) is 28.6. The minimum absolute atomic E-state index is 0.185. The van der Waals surface area contributed by atoms with Crippen molar-refractivity contribution in [2.45, 2.75) is 149 Å². The van der Waals surface area contributed by atoms with E-state index >= 15 is 0 Å². The average molecular weight is 651 g/mol. The molecule has 7 N–H and O–H groups in total. The van der Waals surface area contributed by atoms with Crippen LogP contribution in [0.4, 0.5) is 0 Å². The van der Waals surface area contributed by atoms with Gasteiger partial charge in [-0.25, -0.2) is 0 Å².